The zero-order valence-electron chi connectivity index (χ0n) is 9.24. The van der Waals surface area contributed by atoms with Gasteiger partial charge >= 0.3 is 0 Å². The van der Waals surface area contributed by atoms with E-state index in [1.807, 2.05) is 0 Å². The summed E-state index contributed by atoms with van der Waals surface area (Å²) in [5.41, 5.74) is 0. The highest BCUT2D eigenvalue weighted by atomic mass is 16.3. The summed E-state index contributed by atoms with van der Waals surface area (Å²) in [5, 5.41) is 21.2. The van der Waals surface area contributed by atoms with Crippen LogP contribution in [0.25, 0.3) is 0 Å². The van der Waals surface area contributed by atoms with Crippen molar-refractivity contribution in [1.29, 1.82) is 0 Å². The summed E-state index contributed by atoms with van der Waals surface area (Å²) in [6, 6.07) is 0.329. The highest BCUT2D eigenvalue weighted by Gasteiger charge is 2.25. The van der Waals surface area contributed by atoms with Gasteiger partial charge in [0, 0.05) is 6.04 Å². The molecule has 0 spiro atoms. The predicted molar refractivity (Wildman–Crippen MR) is 57.1 cm³/mol. The average molecular weight is 201 g/mol. The van der Waals surface area contributed by atoms with Gasteiger partial charge in [0.15, 0.2) is 0 Å². The Morgan fingerprint density at radius 3 is 2.00 bits per heavy atom. The molecule has 1 fully saturated rings. The Bertz CT molecular complexity index is 149. The van der Waals surface area contributed by atoms with Gasteiger partial charge in [-0.1, -0.05) is 13.8 Å². The van der Waals surface area contributed by atoms with Crippen LogP contribution < -0.4 is 5.32 Å². The molecule has 1 aliphatic rings. The van der Waals surface area contributed by atoms with Crippen LogP contribution in [-0.2, 0) is 0 Å². The Morgan fingerprint density at radius 2 is 1.57 bits per heavy atom. The van der Waals surface area contributed by atoms with Crippen LogP contribution in [-0.4, -0.2) is 35.5 Å². The molecule has 0 aromatic carbocycles. The van der Waals surface area contributed by atoms with E-state index in [0.29, 0.717) is 6.04 Å². The second-order valence-electron chi connectivity index (χ2n) is 4.84. The van der Waals surface area contributed by atoms with Crippen molar-refractivity contribution < 1.29 is 10.2 Å². The van der Waals surface area contributed by atoms with E-state index >= 15 is 0 Å². The Kier molecular flexibility index (Phi) is 4.85. The molecule has 3 heteroatoms. The van der Waals surface area contributed by atoms with Gasteiger partial charge in [0.1, 0.15) is 0 Å². The molecular weight excluding hydrogens is 178 g/mol. The molecule has 0 heterocycles. The Balaban J connectivity index is 2.35. The van der Waals surface area contributed by atoms with E-state index in [2.05, 4.69) is 19.2 Å². The lowest BCUT2D eigenvalue weighted by Crippen LogP contribution is -2.45. The molecule has 0 unspecified atom stereocenters. The third-order valence-corrected chi connectivity index (χ3v) is 3.09. The van der Waals surface area contributed by atoms with Gasteiger partial charge in [-0.05, 0) is 31.1 Å². The summed E-state index contributed by atoms with van der Waals surface area (Å²) in [6.07, 6.45) is 3.64. The van der Waals surface area contributed by atoms with Crippen molar-refractivity contribution in [3.63, 3.8) is 0 Å². The monoisotopic (exact) mass is 201 g/mol. The van der Waals surface area contributed by atoms with E-state index < -0.39 is 0 Å². The van der Waals surface area contributed by atoms with Crippen LogP contribution in [0.4, 0.5) is 0 Å². The summed E-state index contributed by atoms with van der Waals surface area (Å²) >= 11 is 0. The van der Waals surface area contributed by atoms with Crippen LogP contribution in [0, 0.1) is 11.8 Å². The fourth-order valence-electron chi connectivity index (χ4n) is 2.58. The van der Waals surface area contributed by atoms with Crippen LogP contribution in [0.2, 0.25) is 0 Å². The number of nitrogens with one attached hydrogen (secondary N) is 1. The van der Waals surface area contributed by atoms with Crippen molar-refractivity contribution in [2.24, 2.45) is 11.8 Å². The molecule has 1 rings (SSSR count). The Morgan fingerprint density at radius 1 is 1.07 bits per heavy atom. The van der Waals surface area contributed by atoms with Crippen LogP contribution >= 0.6 is 0 Å². The molecule has 1 aliphatic carbocycles. The standard InChI is InChI=1S/C11H23NO2/c1-8-3-9(2)5-10(4-8)12-11(6-13)7-14/h8-14H,3-7H2,1-2H3/t8-,9-/m1/s1. The maximum atomic E-state index is 8.97. The molecule has 2 atom stereocenters. The Labute approximate surface area is 86.5 Å². The van der Waals surface area contributed by atoms with Crippen molar-refractivity contribution >= 4 is 0 Å². The number of rotatable bonds is 4. The normalized spacial score (nSPS) is 33.6. The zero-order valence-corrected chi connectivity index (χ0v) is 9.24. The first-order valence-corrected chi connectivity index (χ1v) is 5.63. The molecule has 3 N–H and O–H groups in total. The van der Waals surface area contributed by atoms with Gasteiger partial charge in [0.2, 0.25) is 0 Å². The summed E-state index contributed by atoms with van der Waals surface area (Å²) in [6.45, 7) is 4.60. The second-order valence-corrected chi connectivity index (χ2v) is 4.84. The number of aliphatic hydroxyl groups excluding tert-OH is 2. The number of hydrogen-bond acceptors (Lipinski definition) is 3. The van der Waals surface area contributed by atoms with E-state index in [1.165, 1.54) is 19.3 Å². The predicted octanol–water partition coefficient (Wildman–Crippen LogP) is 0.754. The molecule has 0 radical (unpaired) electrons. The lowest BCUT2D eigenvalue weighted by atomic mass is 9.80. The SMILES string of the molecule is C[C@H]1CC(NC(CO)CO)C[C@H](C)C1. The molecule has 0 aliphatic heterocycles. The fourth-order valence-corrected chi connectivity index (χ4v) is 2.58. The van der Waals surface area contributed by atoms with Crippen molar-refractivity contribution in [2.75, 3.05) is 13.2 Å². The highest BCUT2D eigenvalue weighted by Crippen LogP contribution is 2.28. The average Bonchev–Trinajstić information content (AvgIpc) is 2.12. The van der Waals surface area contributed by atoms with E-state index in [1.54, 1.807) is 0 Å². The minimum atomic E-state index is -0.141. The van der Waals surface area contributed by atoms with E-state index in [-0.39, 0.29) is 19.3 Å². The van der Waals surface area contributed by atoms with E-state index in [4.69, 9.17) is 10.2 Å². The molecule has 84 valence electrons. The fraction of sp³-hybridized carbons (Fsp3) is 1.00. The van der Waals surface area contributed by atoms with Crippen molar-refractivity contribution in [3.05, 3.63) is 0 Å². The molecule has 0 bridgehead atoms. The quantitative estimate of drug-likeness (QED) is 0.629. The molecule has 1 saturated carbocycles. The third-order valence-electron chi connectivity index (χ3n) is 3.09. The molecule has 3 nitrogen and oxygen atoms in total. The largest absolute Gasteiger partial charge is 0.395 e. The van der Waals surface area contributed by atoms with Gasteiger partial charge in [-0.2, -0.15) is 0 Å². The molecule has 0 aromatic heterocycles. The first-order chi connectivity index (χ1) is 6.65. The zero-order chi connectivity index (χ0) is 10.6. The maximum absolute atomic E-state index is 8.97. The van der Waals surface area contributed by atoms with Crippen LogP contribution in [0.15, 0.2) is 0 Å². The minimum Gasteiger partial charge on any atom is -0.395 e. The van der Waals surface area contributed by atoms with Gasteiger partial charge in [0.25, 0.3) is 0 Å². The lowest BCUT2D eigenvalue weighted by molar-refractivity contribution is 0.140. The summed E-state index contributed by atoms with van der Waals surface area (Å²) in [4.78, 5) is 0. The van der Waals surface area contributed by atoms with Crippen LogP contribution in [0.1, 0.15) is 33.1 Å². The first-order valence-electron chi connectivity index (χ1n) is 5.63. The van der Waals surface area contributed by atoms with Gasteiger partial charge in [-0.15, -0.1) is 0 Å². The number of hydrogen-bond donors (Lipinski definition) is 3. The summed E-state index contributed by atoms with van der Waals surface area (Å²) in [7, 11) is 0. The van der Waals surface area contributed by atoms with E-state index in [0.717, 1.165) is 11.8 Å². The van der Waals surface area contributed by atoms with E-state index in [9.17, 15) is 0 Å². The van der Waals surface area contributed by atoms with Gasteiger partial charge in [0.05, 0.1) is 19.3 Å². The van der Waals surface area contributed by atoms with Crippen LogP contribution in [0.5, 0.6) is 0 Å². The molecule has 0 aromatic rings. The highest BCUT2D eigenvalue weighted by molar-refractivity contribution is 4.82. The Hall–Kier alpha value is -0.120. The van der Waals surface area contributed by atoms with Crippen LogP contribution in [0.3, 0.4) is 0 Å². The second kappa shape index (κ2) is 5.69. The minimum absolute atomic E-state index is 0.0236. The summed E-state index contributed by atoms with van der Waals surface area (Å²) in [5.74, 6) is 1.52. The topological polar surface area (TPSA) is 52.5 Å². The molecular formula is C11H23NO2. The van der Waals surface area contributed by atoms with Crippen molar-refractivity contribution in [1.82, 2.24) is 5.32 Å². The molecule has 0 amide bonds. The smallest absolute Gasteiger partial charge is 0.0607 e. The van der Waals surface area contributed by atoms with Crippen molar-refractivity contribution in [2.45, 2.75) is 45.2 Å². The first kappa shape index (κ1) is 12.0. The maximum Gasteiger partial charge on any atom is 0.0607 e. The number of aliphatic hydroxyl groups is 2. The van der Waals surface area contributed by atoms with Gasteiger partial charge in [-0.3, -0.25) is 0 Å². The van der Waals surface area contributed by atoms with Gasteiger partial charge in [-0.25, -0.2) is 0 Å². The summed E-state index contributed by atoms with van der Waals surface area (Å²) < 4.78 is 0. The lowest BCUT2D eigenvalue weighted by Gasteiger charge is -2.34. The van der Waals surface area contributed by atoms with Gasteiger partial charge < -0.3 is 15.5 Å². The molecule has 0 saturated heterocycles. The molecule has 14 heavy (non-hydrogen) atoms. The third kappa shape index (κ3) is 3.56. The van der Waals surface area contributed by atoms with Crippen molar-refractivity contribution in [3.8, 4) is 0 Å².